The van der Waals surface area contributed by atoms with Gasteiger partial charge in [-0.1, -0.05) is 0 Å². The first kappa shape index (κ1) is 17.7. The van der Waals surface area contributed by atoms with Crippen LogP contribution in [0.25, 0.3) is 11.0 Å². The first-order chi connectivity index (χ1) is 13.0. The summed E-state index contributed by atoms with van der Waals surface area (Å²) in [7, 11) is -0.147. The third-order valence-corrected chi connectivity index (χ3v) is 6.66. The number of nitrogens with zero attached hydrogens (tertiary/aromatic N) is 6. The van der Waals surface area contributed by atoms with Gasteiger partial charge in [0.15, 0.2) is 5.65 Å². The van der Waals surface area contributed by atoms with E-state index in [1.165, 1.54) is 10.6 Å². The normalized spacial score (nSPS) is 16.0. The first-order valence-corrected chi connectivity index (χ1v) is 9.96. The van der Waals surface area contributed by atoms with Crippen LogP contribution < -0.4 is 9.64 Å². The van der Waals surface area contributed by atoms with Crippen LogP contribution in [0.3, 0.4) is 0 Å². The fourth-order valence-corrected chi connectivity index (χ4v) is 4.66. The standard InChI is InChI=1S/C17H20N6O3S/c1-21-16-15(11-20-21)17(19-12-18-16)22-7-9-23(10-8-22)27(24,25)14-5-3-13(26-2)4-6-14/h3-6,11-12H,7-10H2,1-2H3. The molecule has 1 saturated heterocycles. The van der Waals surface area contributed by atoms with Gasteiger partial charge >= 0.3 is 0 Å². The smallest absolute Gasteiger partial charge is 0.243 e. The van der Waals surface area contributed by atoms with Crippen molar-refractivity contribution in [2.24, 2.45) is 7.05 Å². The van der Waals surface area contributed by atoms with Gasteiger partial charge in [-0.05, 0) is 24.3 Å². The molecular formula is C17H20N6O3S. The number of sulfonamides is 1. The second kappa shape index (κ2) is 6.78. The lowest BCUT2D eigenvalue weighted by Crippen LogP contribution is -2.49. The van der Waals surface area contributed by atoms with Crippen molar-refractivity contribution < 1.29 is 13.2 Å². The second-order valence-corrected chi connectivity index (χ2v) is 8.21. The molecule has 1 aliphatic rings. The summed E-state index contributed by atoms with van der Waals surface area (Å²) in [6, 6.07) is 6.46. The second-order valence-electron chi connectivity index (χ2n) is 6.27. The zero-order valence-corrected chi connectivity index (χ0v) is 15.9. The van der Waals surface area contributed by atoms with Gasteiger partial charge in [-0.25, -0.2) is 18.4 Å². The van der Waals surface area contributed by atoms with Gasteiger partial charge in [0.25, 0.3) is 0 Å². The molecule has 0 aliphatic carbocycles. The van der Waals surface area contributed by atoms with Crippen LogP contribution in [-0.2, 0) is 17.1 Å². The number of piperazine rings is 1. The molecule has 1 aromatic carbocycles. The van der Waals surface area contributed by atoms with Crippen LogP contribution in [-0.4, -0.2) is 65.8 Å². The molecule has 27 heavy (non-hydrogen) atoms. The zero-order valence-electron chi connectivity index (χ0n) is 15.1. The molecule has 0 spiro atoms. The SMILES string of the molecule is COc1ccc(S(=O)(=O)N2CCN(c3ncnc4c3cnn4C)CC2)cc1. The average molecular weight is 388 g/mol. The molecule has 0 bridgehead atoms. The van der Waals surface area contributed by atoms with E-state index in [1.807, 2.05) is 7.05 Å². The predicted molar refractivity (Wildman–Crippen MR) is 100 cm³/mol. The summed E-state index contributed by atoms with van der Waals surface area (Å²) < 4.78 is 34.0. The van der Waals surface area contributed by atoms with Gasteiger partial charge in [0, 0.05) is 33.2 Å². The quantitative estimate of drug-likeness (QED) is 0.655. The predicted octanol–water partition coefficient (Wildman–Crippen LogP) is 0.883. The van der Waals surface area contributed by atoms with Gasteiger partial charge < -0.3 is 9.64 Å². The molecule has 1 aliphatic heterocycles. The molecule has 142 valence electrons. The number of anilines is 1. The van der Waals surface area contributed by atoms with Crippen molar-refractivity contribution in [2.75, 3.05) is 38.2 Å². The largest absolute Gasteiger partial charge is 0.497 e. The van der Waals surface area contributed by atoms with Gasteiger partial charge in [-0.3, -0.25) is 4.68 Å². The molecule has 0 N–H and O–H groups in total. The summed E-state index contributed by atoms with van der Waals surface area (Å²) in [4.78, 5) is 11.0. The number of fused-ring (bicyclic) bond motifs is 1. The average Bonchev–Trinajstić information content (AvgIpc) is 3.09. The summed E-state index contributed by atoms with van der Waals surface area (Å²) >= 11 is 0. The summed E-state index contributed by atoms with van der Waals surface area (Å²) in [5.41, 5.74) is 0.758. The highest BCUT2D eigenvalue weighted by Crippen LogP contribution is 2.25. The van der Waals surface area contributed by atoms with Crippen molar-refractivity contribution in [3.05, 3.63) is 36.8 Å². The Labute approximate surface area is 157 Å². The highest BCUT2D eigenvalue weighted by Gasteiger charge is 2.29. The van der Waals surface area contributed by atoms with E-state index in [2.05, 4.69) is 20.0 Å². The molecule has 9 nitrogen and oxygen atoms in total. The van der Waals surface area contributed by atoms with Crippen LogP contribution in [0.5, 0.6) is 5.75 Å². The molecule has 10 heteroatoms. The van der Waals surface area contributed by atoms with E-state index in [0.717, 1.165) is 16.9 Å². The molecule has 0 atom stereocenters. The fraction of sp³-hybridized carbons (Fsp3) is 0.353. The lowest BCUT2D eigenvalue weighted by molar-refractivity contribution is 0.384. The Balaban J connectivity index is 1.52. The van der Waals surface area contributed by atoms with Crippen LogP contribution in [0.1, 0.15) is 0 Å². The summed E-state index contributed by atoms with van der Waals surface area (Å²) in [6.45, 7) is 1.88. The monoisotopic (exact) mass is 388 g/mol. The molecule has 2 aromatic heterocycles. The Hall–Kier alpha value is -2.72. The fourth-order valence-electron chi connectivity index (χ4n) is 3.24. The Kier molecular flexibility index (Phi) is 4.44. The third kappa shape index (κ3) is 3.10. The molecule has 0 unspecified atom stereocenters. The third-order valence-electron chi connectivity index (χ3n) is 4.74. The lowest BCUT2D eigenvalue weighted by Gasteiger charge is -2.34. The summed E-state index contributed by atoms with van der Waals surface area (Å²) in [6.07, 6.45) is 3.25. The maximum atomic E-state index is 12.9. The Morgan fingerprint density at radius 1 is 1.04 bits per heavy atom. The van der Waals surface area contributed by atoms with Gasteiger partial charge in [0.1, 0.15) is 17.9 Å². The van der Waals surface area contributed by atoms with Gasteiger partial charge in [-0.2, -0.15) is 9.40 Å². The molecule has 0 radical (unpaired) electrons. The van der Waals surface area contributed by atoms with Gasteiger partial charge in [0.2, 0.25) is 10.0 Å². The number of hydrogen-bond donors (Lipinski definition) is 0. The number of rotatable bonds is 4. The number of aromatic nitrogens is 4. The van der Waals surface area contributed by atoms with Crippen molar-refractivity contribution >= 4 is 26.9 Å². The maximum absolute atomic E-state index is 12.9. The topological polar surface area (TPSA) is 93.5 Å². The molecule has 0 amide bonds. The molecule has 4 rings (SSSR count). The molecule has 3 heterocycles. The number of ether oxygens (including phenoxy) is 1. The van der Waals surface area contributed by atoms with E-state index in [4.69, 9.17) is 4.74 Å². The van der Waals surface area contributed by atoms with E-state index >= 15 is 0 Å². The van der Waals surface area contributed by atoms with Crippen molar-refractivity contribution in [3.63, 3.8) is 0 Å². The van der Waals surface area contributed by atoms with Crippen LogP contribution >= 0.6 is 0 Å². The minimum absolute atomic E-state index is 0.272. The lowest BCUT2D eigenvalue weighted by atomic mass is 10.3. The number of hydrogen-bond acceptors (Lipinski definition) is 7. The molecule has 3 aromatic rings. The van der Waals surface area contributed by atoms with Gasteiger partial charge in [0.05, 0.1) is 23.6 Å². The number of methoxy groups -OCH3 is 1. The van der Waals surface area contributed by atoms with Crippen LogP contribution in [0.15, 0.2) is 41.7 Å². The van der Waals surface area contributed by atoms with Crippen LogP contribution in [0, 0.1) is 0 Å². The molecular weight excluding hydrogens is 368 g/mol. The van der Waals surface area contributed by atoms with Crippen molar-refractivity contribution in [2.45, 2.75) is 4.90 Å². The minimum Gasteiger partial charge on any atom is -0.497 e. The van der Waals surface area contributed by atoms with Crippen molar-refractivity contribution in [1.82, 2.24) is 24.1 Å². The molecule has 0 saturated carbocycles. The highest BCUT2D eigenvalue weighted by molar-refractivity contribution is 7.89. The first-order valence-electron chi connectivity index (χ1n) is 8.52. The van der Waals surface area contributed by atoms with Gasteiger partial charge in [-0.15, -0.1) is 0 Å². The van der Waals surface area contributed by atoms with Crippen molar-refractivity contribution in [3.8, 4) is 5.75 Å². The molecule has 1 fully saturated rings. The highest BCUT2D eigenvalue weighted by atomic mass is 32.2. The van der Waals surface area contributed by atoms with Crippen LogP contribution in [0.2, 0.25) is 0 Å². The summed E-state index contributed by atoms with van der Waals surface area (Å²) in [5.74, 6) is 1.41. The maximum Gasteiger partial charge on any atom is 0.243 e. The summed E-state index contributed by atoms with van der Waals surface area (Å²) in [5, 5.41) is 5.10. The van der Waals surface area contributed by atoms with E-state index in [0.29, 0.717) is 31.9 Å². The minimum atomic E-state index is -3.53. The number of benzene rings is 1. The van der Waals surface area contributed by atoms with E-state index in [9.17, 15) is 8.42 Å². The Morgan fingerprint density at radius 2 is 1.74 bits per heavy atom. The number of aryl methyl sites for hydroxylation is 1. The Bertz CT molecular complexity index is 1060. The Morgan fingerprint density at radius 3 is 2.41 bits per heavy atom. The van der Waals surface area contributed by atoms with Crippen LogP contribution in [0.4, 0.5) is 5.82 Å². The zero-order chi connectivity index (χ0) is 19.0. The van der Waals surface area contributed by atoms with E-state index in [1.54, 1.807) is 42.3 Å². The van der Waals surface area contributed by atoms with Crippen molar-refractivity contribution in [1.29, 1.82) is 0 Å². The van der Waals surface area contributed by atoms with E-state index < -0.39 is 10.0 Å². The van der Waals surface area contributed by atoms with E-state index in [-0.39, 0.29) is 4.90 Å².